The second-order valence-corrected chi connectivity index (χ2v) is 7.51. The van der Waals surface area contributed by atoms with E-state index in [0.29, 0.717) is 49.1 Å². The number of benzene rings is 2. The van der Waals surface area contributed by atoms with Gasteiger partial charge in [-0.05, 0) is 47.1 Å². The number of anilines is 1. The SMILES string of the molecule is CCOc1ccc(C(=O)N2CCN(c3ccc([N+](=O)[O-])cc3Cl)CC2)cc1Br. The van der Waals surface area contributed by atoms with Crippen LogP contribution in [0.15, 0.2) is 40.9 Å². The van der Waals surface area contributed by atoms with Crippen molar-refractivity contribution in [2.45, 2.75) is 6.92 Å². The summed E-state index contributed by atoms with van der Waals surface area (Å²) in [6.07, 6.45) is 0. The minimum absolute atomic E-state index is 0.0383. The first kappa shape index (κ1) is 20.4. The summed E-state index contributed by atoms with van der Waals surface area (Å²) in [7, 11) is 0. The third-order valence-corrected chi connectivity index (χ3v) is 5.45. The number of amides is 1. The van der Waals surface area contributed by atoms with Crippen LogP contribution in [0.1, 0.15) is 17.3 Å². The summed E-state index contributed by atoms with van der Waals surface area (Å²) in [4.78, 5) is 27.0. The Hall–Kier alpha value is -2.32. The van der Waals surface area contributed by atoms with Crippen LogP contribution in [0.3, 0.4) is 0 Å². The summed E-state index contributed by atoms with van der Waals surface area (Å²) >= 11 is 9.65. The molecular weight excluding hydrogens is 450 g/mol. The Morgan fingerprint density at radius 1 is 1.21 bits per heavy atom. The van der Waals surface area contributed by atoms with Crippen LogP contribution in [-0.4, -0.2) is 48.5 Å². The van der Waals surface area contributed by atoms with Gasteiger partial charge in [-0.25, -0.2) is 0 Å². The number of nitro groups is 1. The monoisotopic (exact) mass is 467 g/mol. The molecule has 0 spiro atoms. The highest BCUT2D eigenvalue weighted by atomic mass is 79.9. The van der Waals surface area contributed by atoms with Crippen LogP contribution in [0.5, 0.6) is 5.75 Å². The average molecular weight is 469 g/mol. The molecule has 1 saturated heterocycles. The van der Waals surface area contributed by atoms with Gasteiger partial charge >= 0.3 is 0 Å². The van der Waals surface area contributed by atoms with E-state index in [0.717, 1.165) is 10.2 Å². The summed E-state index contributed by atoms with van der Waals surface area (Å²) in [6.45, 7) is 4.73. The first-order valence-corrected chi connectivity index (χ1v) is 9.98. The molecule has 0 unspecified atom stereocenters. The van der Waals surface area contributed by atoms with Crippen LogP contribution < -0.4 is 9.64 Å². The lowest BCUT2D eigenvalue weighted by Gasteiger charge is -2.36. The molecule has 0 atom stereocenters. The number of non-ortho nitro benzene ring substituents is 1. The van der Waals surface area contributed by atoms with Crippen molar-refractivity contribution in [1.82, 2.24) is 4.90 Å². The molecule has 1 aliphatic rings. The largest absolute Gasteiger partial charge is 0.493 e. The molecule has 7 nitrogen and oxygen atoms in total. The second kappa shape index (κ2) is 8.79. The lowest BCUT2D eigenvalue weighted by molar-refractivity contribution is -0.384. The van der Waals surface area contributed by atoms with Crippen LogP contribution in [0, 0.1) is 10.1 Å². The Kier molecular flexibility index (Phi) is 6.41. The average Bonchev–Trinajstić information content (AvgIpc) is 2.69. The Balaban J connectivity index is 1.66. The normalized spacial score (nSPS) is 14.1. The van der Waals surface area contributed by atoms with Crippen molar-refractivity contribution in [2.75, 3.05) is 37.7 Å². The zero-order valence-corrected chi connectivity index (χ0v) is 17.6. The van der Waals surface area contributed by atoms with E-state index in [1.54, 1.807) is 29.2 Å². The predicted octanol–water partition coefficient (Wildman–Crippen LogP) is 4.37. The third-order valence-electron chi connectivity index (χ3n) is 4.53. The van der Waals surface area contributed by atoms with Crippen LogP contribution in [-0.2, 0) is 0 Å². The van der Waals surface area contributed by atoms with E-state index >= 15 is 0 Å². The van der Waals surface area contributed by atoms with Crippen molar-refractivity contribution < 1.29 is 14.5 Å². The van der Waals surface area contributed by atoms with Gasteiger partial charge < -0.3 is 14.5 Å². The molecule has 0 saturated carbocycles. The zero-order chi connectivity index (χ0) is 20.3. The predicted molar refractivity (Wildman–Crippen MR) is 112 cm³/mol. The summed E-state index contributed by atoms with van der Waals surface area (Å²) < 4.78 is 6.23. The first-order chi connectivity index (χ1) is 13.4. The molecule has 2 aromatic carbocycles. The minimum atomic E-state index is -0.471. The van der Waals surface area contributed by atoms with Crippen molar-refractivity contribution in [3.8, 4) is 5.75 Å². The van der Waals surface area contributed by atoms with Gasteiger partial charge in [-0.2, -0.15) is 0 Å². The van der Waals surface area contributed by atoms with E-state index in [4.69, 9.17) is 16.3 Å². The van der Waals surface area contributed by atoms with Gasteiger partial charge in [-0.3, -0.25) is 14.9 Å². The maximum atomic E-state index is 12.8. The molecule has 0 aliphatic carbocycles. The van der Waals surface area contributed by atoms with E-state index in [1.807, 2.05) is 11.8 Å². The van der Waals surface area contributed by atoms with Crippen LogP contribution in [0.25, 0.3) is 0 Å². The van der Waals surface area contributed by atoms with Gasteiger partial charge in [-0.1, -0.05) is 11.6 Å². The lowest BCUT2D eigenvalue weighted by Crippen LogP contribution is -2.48. The standard InChI is InChI=1S/C19H19BrClN3O4/c1-2-28-18-6-3-13(11-15(18)20)19(25)23-9-7-22(8-10-23)17-5-4-14(24(26)27)12-16(17)21/h3-6,11-12H,2,7-10H2,1H3. The number of carbonyl (C=O) groups excluding carboxylic acids is 1. The van der Waals surface area contributed by atoms with Gasteiger partial charge in [0.25, 0.3) is 11.6 Å². The Morgan fingerprint density at radius 3 is 2.50 bits per heavy atom. The molecule has 148 valence electrons. The van der Waals surface area contributed by atoms with Crippen molar-refractivity contribution in [2.24, 2.45) is 0 Å². The Labute approximate surface area is 176 Å². The smallest absolute Gasteiger partial charge is 0.271 e. The van der Waals surface area contributed by atoms with Crippen molar-refractivity contribution in [3.05, 3.63) is 61.6 Å². The number of ether oxygens (including phenoxy) is 1. The number of carbonyl (C=O) groups is 1. The summed E-state index contributed by atoms with van der Waals surface area (Å²) in [5.41, 5.74) is 1.30. The van der Waals surface area contributed by atoms with E-state index in [-0.39, 0.29) is 11.6 Å². The van der Waals surface area contributed by atoms with E-state index < -0.39 is 4.92 Å². The highest BCUT2D eigenvalue weighted by Crippen LogP contribution is 2.31. The quantitative estimate of drug-likeness (QED) is 0.481. The summed E-state index contributed by atoms with van der Waals surface area (Å²) in [5, 5.41) is 11.2. The Morgan fingerprint density at radius 2 is 1.93 bits per heavy atom. The molecule has 28 heavy (non-hydrogen) atoms. The van der Waals surface area contributed by atoms with Gasteiger partial charge in [0.05, 0.1) is 26.7 Å². The highest BCUT2D eigenvalue weighted by Gasteiger charge is 2.24. The lowest BCUT2D eigenvalue weighted by atomic mass is 10.1. The molecule has 0 aromatic heterocycles. The van der Waals surface area contributed by atoms with E-state index in [1.165, 1.54) is 12.1 Å². The Bertz CT molecular complexity index is 901. The van der Waals surface area contributed by atoms with Gasteiger partial charge in [0.1, 0.15) is 5.75 Å². The molecule has 3 rings (SSSR count). The van der Waals surface area contributed by atoms with Crippen LogP contribution in [0.4, 0.5) is 11.4 Å². The van der Waals surface area contributed by atoms with Crippen molar-refractivity contribution >= 4 is 44.8 Å². The number of rotatable bonds is 5. The fraction of sp³-hybridized carbons (Fsp3) is 0.316. The van der Waals surface area contributed by atoms with Crippen molar-refractivity contribution in [3.63, 3.8) is 0 Å². The van der Waals surface area contributed by atoms with Gasteiger partial charge in [-0.15, -0.1) is 0 Å². The topological polar surface area (TPSA) is 75.9 Å². The second-order valence-electron chi connectivity index (χ2n) is 6.25. The molecule has 1 aliphatic heterocycles. The fourth-order valence-electron chi connectivity index (χ4n) is 3.11. The van der Waals surface area contributed by atoms with Crippen LogP contribution in [0.2, 0.25) is 5.02 Å². The molecule has 1 fully saturated rings. The number of piperazine rings is 1. The summed E-state index contributed by atoms with van der Waals surface area (Å²) in [5.74, 6) is 0.662. The number of nitro benzene ring substituents is 1. The molecular formula is C19H19BrClN3O4. The maximum Gasteiger partial charge on any atom is 0.271 e. The maximum absolute atomic E-state index is 12.8. The minimum Gasteiger partial charge on any atom is -0.493 e. The fourth-order valence-corrected chi connectivity index (χ4v) is 3.89. The van der Waals surface area contributed by atoms with E-state index in [9.17, 15) is 14.9 Å². The van der Waals surface area contributed by atoms with Gasteiger partial charge in [0, 0.05) is 43.9 Å². The number of hydrogen-bond donors (Lipinski definition) is 0. The molecule has 1 amide bonds. The number of hydrogen-bond acceptors (Lipinski definition) is 5. The zero-order valence-electron chi connectivity index (χ0n) is 15.2. The molecule has 1 heterocycles. The highest BCUT2D eigenvalue weighted by molar-refractivity contribution is 9.10. The molecule has 9 heteroatoms. The number of halogens is 2. The summed E-state index contributed by atoms with van der Waals surface area (Å²) in [6, 6.07) is 9.77. The molecule has 0 N–H and O–H groups in total. The molecule has 0 bridgehead atoms. The van der Waals surface area contributed by atoms with Gasteiger partial charge in [0.15, 0.2) is 0 Å². The first-order valence-electron chi connectivity index (χ1n) is 8.81. The number of nitrogens with zero attached hydrogens (tertiary/aromatic N) is 3. The third kappa shape index (κ3) is 4.39. The van der Waals surface area contributed by atoms with E-state index in [2.05, 4.69) is 15.9 Å². The van der Waals surface area contributed by atoms with Gasteiger partial charge in [0.2, 0.25) is 0 Å². The molecule has 2 aromatic rings. The molecule has 0 radical (unpaired) electrons. The van der Waals surface area contributed by atoms with Crippen LogP contribution >= 0.6 is 27.5 Å². The van der Waals surface area contributed by atoms with Crippen molar-refractivity contribution in [1.29, 1.82) is 0 Å².